The lowest BCUT2D eigenvalue weighted by Crippen LogP contribution is -2.15. The Morgan fingerprint density at radius 2 is 1.82 bits per heavy atom. The van der Waals surface area contributed by atoms with Crippen LogP contribution in [0.2, 0.25) is 0 Å². The number of rotatable bonds is 7. The normalized spacial score (nSPS) is 10.4. The molecule has 1 heterocycles. The average Bonchev–Trinajstić information content (AvgIpc) is 3.09. The van der Waals surface area contributed by atoms with Crippen LogP contribution in [-0.2, 0) is 11.3 Å². The number of nitro benzene ring substituents is 1. The van der Waals surface area contributed by atoms with Crippen LogP contribution < -0.4 is 0 Å². The van der Waals surface area contributed by atoms with Gasteiger partial charge in [-0.2, -0.15) is 5.26 Å². The third-order valence-electron chi connectivity index (χ3n) is 4.21. The number of carbonyl (C=O) groups is 2. The van der Waals surface area contributed by atoms with Crippen LogP contribution in [0, 0.1) is 21.4 Å². The maximum absolute atomic E-state index is 12.6. The fourth-order valence-electron chi connectivity index (χ4n) is 2.92. The number of Topliss-reactive ketones (excluding diaryl/α,β-unsaturated/α-hetero) is 1. The van der Waals surface area contributed by atoms with Gasteiger partial charge in [0.1, 0.15) is 5.56 Å². The molecule has 0 saturated carbocycles. The Bertz CT molecular complexity index is 1110. The number of hydrogen-bond acceptors (Lipinski definition) is 6. The number of hydrogen-bond donors (Lipinski definition) is 0. The lowest BCUT2D eigenvalue weighted by molar-refractivity contribution is -0.385. The summed E-state index contributed by atoms with van der Waals surface area (Å²) in [5.74, 6) is -1.37. The average molecular weight is 377 g/mol. The number of fused-ring (bicyclic) bond motifs is 1. The van der Waals surface area contributed by atoms with E-state index in [4.69, 9.17) is 10.00 Å². The summed E-state index contributed by atoms with van der Waals surface area (Å²) >= 11 is 0. The highest BCUT2D eigenvalue weighted by Crippen LogP contribution is 2.23. The number of ketones is 1. The predicted molar refractivity (Wildman–Crippen MR) is 99.9 cm³/mol. The summed E-state index contributed by atoms with van der Waals surface area (Å²) in [6, 6.07) is 14.7. The van der Waals surface area contributed by atoms with Crippen molar-refractivity contribution in [2.24, 2.45) is 0 Å². The molecule has 0 spiro atoms. The largest absolute Gasteiger partial charge is 0.454 e. The fraction of sp³-hybridized carbons (Fsp3) is 0.150. The van der Waals surface area contributed by atoms with Gasteiger partial charge in [-0.05, 0) is 12.1 Å². The van der Waals surface area contributed by atoms with Crippen molar-refractivity contribution in [2.45, 2.75) is 13.0 Å². The number of aromatic nitrogens is 1. The molecule has 28 heavy (non-hydrogen) atoms. The number of nitrogens with zero attached hydrogens (tertiary/aromatic N) is 3. The van der Waals surface area contributed by atoms with Crippen LogP contribution in [0.4, 0.5) is 5.69 Å². The third-order valence-corrected chi connectivity index (χ3v) is 4.21. The molecule has 0 aliphatic heterocycles. The molecule has 8 nitrogen and oxygen atoms in total. The minimum Gasteiger partial charge on any atom is -0.454 e. The summed E-state index contributed by atoms with van der Waals surface area (Å²) < 4.78 is 6.82. The van der Waals surface area contributed by atoms with E-state index in [-0.39, 0.29) is 11.3 Å². The maximum atomic E-state index is 12.6. The van der Waals surface area contributed by atoms with E-state index >= 15 is 0 Å². The van der Waals surface area contributed by atoms with E-state index < -0.39 is 23.3 Å². The molecule has 0 fully saturated rings. The second kappa shape index (κ2) is 8.14. The molecule has 0 saturated heterocycles. The lowest BCUT2D eigenvalue weighted by atomic mass is 10.1. The number of carbonyl (C=O) groups excluding carboxylic acids is 2. The van der Waals surface area contributed by atoms with Gasteiger partial charge < -0.3 is 9.30 Å². The predicted octanol–water partition coefficient (Wildman–Crippen LogP) is 3.50. The van der Waals surface area contributed by atoms with Crippen molar-refractivity contribution >= 4 is 28.3 Å². The first kappa shape index (κ1) is 18.8. The minimum atomic E-state index is -0.936. The number of esters is 1. The topological polar surface area (TPSA) is 115 Å². The molecule has 0 aliphatic rings. The Balaban J connectivity index is 1.80. The molecule has 3 aromatic rings. The van der Waals surface area contributed by atoms with Gasteiger partial charge in [-0.1, -0.05) is 30.3 Å². The first-order valence-corrected chi connectivity index (χ1v) is 8.41. The fourth-order valence-corrected chi connectivity index (χ4v) is 2.92. The number of benzene rings is 2. The Morgan fingerprint density at radius 1 is 1.11 bits per heavy atom. The van der Waals surface area contributed by atoms with Crippen molar-refractivity contribution in [1.29, 1.82) is 5.26 Å². The molecular formula is C20H15N3O5. The van der Waals surface area contributed by atoms with Crippen molar-refractivity contribution in [1.82, 2.24) is 4.57 Å². The highest BCUT2D eigenvalue weighted by molar-refractivity contribution is 6.09. The van der Waals surface area contributed by atoms with E-state index in [1.807, 2.05) is 12.1 Å². The van der Waals surface area contributed by atoms with E-state index in [2.05, 4.69) is 6.07 Å². The zero-order valence-corrected chi connectivity index (χ0v) is 14.7. The lowest BCUT2D eigenvalue weighted by Gasteiger charge is -2.04. The monoisotopic (exact) mass is 377 g/mol. The van der Waals surface area contributed by atoms with Crippen LogP contribution >= 0.6 is 0 Å². The van der Waals surface area contributed by atoms with Gasteiger partial charge in [-0.3, -0.25) is 14.9 Å². The van der Waals surface area contributed by atoms with E-state index in [0.29, 0.717) is 23.9 Å². The van der Waals surface area contributed by atoms with Gasteiger partial charge in [0.05, 0.1) is 17.4 Å². The molecule has 0 N–H and O–H groups in total. The molecule has 0 aliphatic carbocycles. The molecule has 0 bridgehead atoms. The summed E-state index contributed by atoms with van der Waals surface area (Å²) in [6.07, 6.45) is 1.92. The molecular weight excluding hydrogens is 362 g/mol. The first-order valence-electron chi connectivity index (χ1n) is 8.41. The molecule has 2 aromatic carbocycles. The van der Waals surface area contributed by atoms with Gasteiger partial charge in [0.25, 0.3) is 5.69 Å². The van der Waals surface area contributed by atoms with Crippen LogP contribution in [0.3, 0.4) is 0 Å². The summed E-state index contributed by atoms with van der Waals surface area (Å²) in [4.78, 5) is 35.2. The molecule has 0 radical (unpaired) electrons. The molecule has 140 valence electrons. The van der Waals surface area contributed by atoms with Crippen molar-refractivity contribution in [3.63, 3.8) is 0 Å². The highest BCUT2D eigenvalue weighted by Gasteiger charge is 2.22. The Kier molecular flexibility index (Phi) is 5.46. The Morgan fingerprint density at radius 3 is 2.57 bits per heavy atom. The van der Waals surface area contributed by atoms with Crippen molar-refractivity contribution in [2.75, 3.05) is 6.61 Å². The van der Waals surface area contributed by atoms with E-state index in [1.165, 1.54) is 24.3 Å². The molecule has 0 amide bonds. The van der Waals surface area contributed by atoms with Gasteiger partial charge in [-0.25, -0.2) is 4.79 Å². The molecule has 0 unspecified atom stereocenters. The van der Waals surface area contributed by atoms with Crippen LogP contribution in [0.25, 0.3) is 10.9 Å². The van der Waals surface area contributed by atoms with Crippen molar-refractivity contribution in [3.8, 4) is 6.07 Å². The first-order chi connectivity index (χ1) is 13.5. The number of nitriles is 1. The van der Waals surface area contributed by atoms with Gasteiger partial charge in [0.15, 0.2) is 6.61 Å². The molecule has 0 atom stereocenters. The molecule has 3 rings (SSSR count). The number of nitro groups is 1. The van der Waals surface area contributed by atoms with E-state index in [9.17, 15) is 19.7 Å². The molecule has 1 aromatic heterocycles. The highest BCUT2D eigenvalue weighted by atomic mass is 16.6. The van der Waals surface area contributed by atoms with Crippen LogP contribution in [-0.4, -0.2) is 27.8 Å². The van der Waals surface area contributed by atoms with E-state index in [1.54, 1.807) is 22.9 Å². The van der Waals surface area contributed by atoms with Crippen molar-refractivity contribution < 1.29 is 19.2 Å². The Labute approximate surface area is 159 Å². The maximum Gasteiger partial charge on any atom is 0.345 e. The van der Waals surface area contributed by atoms with E-state index in [0.717, 1.165) is 5.52 Å². The standard InChI is InChI=1S/C20H15N3O5/c21-10-5-11-22-12-16(14-6-1-3-8-17(14)22)19(24)13-28-20(25)15-7-2-4-9-18(15)23(26)27/h1-4,6-9,12H,5,11,13H2. The smallest absolute Gasteiger partial charge is 0.345 e. The van der Waals surface area contributed by atoms with Gasteiger partial charge in [0.2, 0.25) is 5.78 Å². The number of aryl methyl sites for hydroxylation is 1. The number of para-hydroxylation sites is 2. The van der Waals surface area contributed by atoms with Crippen LogP contribution in [0.15, 0.2) is 54.7 Å². The summed E-state index contributed by atoms with van der Waals surface area (Å²) in [6.45, 7) is -0.114. The number of ether oxygens (including phenoxy) is 1. The van der Waals surface area contributed by atoms with Crippen molar-refractivity contribution in [3.05, 3.63) is 76.0 Å². The SMILES string of the molecule is N#CCCn1cc(C(=O)COC(=O)c2ccccc2[N+](=O)[O-])c2ccccc21. The van der Waals surface area contributed by atoms with Gasteiger partial charge >= 0.3 is 5.97 Å². The second-order valence-electron chi connectivity index (χ2n) is 5.93. The summed E-state index contributed by atoms with van der Waals surface area (Å²) in [5, 5.41) is 20.5. The third kappa shape index (κ3) is 3.73. The zero-order valence-electron chi connectivity index (χ0n) is 14.7. The zero-order chi connectivity index (χ0) is 20.1. The summed E-state index contributed by atoms with van der Waals surface area (Å²) in [5.41, 5.74) is 0.569. The quantitative estimate of drug-likeness (QED) is 0.269. The summed E-state index contributed by atoms with van der Waals surface area (Å²) in [7, 11) is 0. The minimum absolute atomic E-state index is 0.211. The molecule has 8 heteroatoms. The van der Waals surface area contributed by atoms with Crippen LogP contribution in [0.1, 0.15) is 27.1 Å². The Hall–Kier alpha value is -3.99. The van der Waals surface area contributed by atoms with Gasteiger partial charge in [0, 0.05) is 35.3 Å². The van der Waals surface area contributed by atoms with Gasteiger partial charge in [-0.15, -0.1) is 0 Å². The van der Waals surface area contributed by atoms with Crippen LogP contribution in [0.5, 0.6) is 0 Å². The second-order valence-corrected chi connectivity index (χ2v) is 5.93.